The van der Waals surface area contributed by atoms with Crippen LogP contribution in [0.1, 0.15) is 11.4 Å². The van der Waals surface area contributed by atoms with Gasteiger partial charge in [0.25, 0.3) is 5.56 Å². The first-order valence-electron chi connectivity index (χ1n) is 7.77. The molecule has 0 saturated carbocycles. The van der Waals surface area contributed by atoms with Crippen molar-refractivity contribution in [2.75, 3.05) is 0 Å². The first-order chi connectivity index (χ1) is 12.6. The van der Waals surface area contributed by atoms with E-state index in [0.29, 0.717) is 26.8 Å². The number of halogens is 2. The van der Waals surface area contributed by atoms with Crippen LogP contribution in [0.15, 0.2) is 65.7 Å². The fourth-order valence-corrected chi connectivity index (χ4v) is 2.90. The highest BCUT2D eigenvalue weighted by molar-refractivity contribution is 6.50. The number of aromatic amines is 1. The number of aromatic nitrogens is 4. The van der Waals surface area contributed by atoms with Crippen LogP contribution >= 0.6 is 23.2 Å². The second-order valence-electron chi connectivity index (χ2n) is 5.62. The molecule has 0 aliphatic carbocycles. The van der Waals surface area contributed by atoms with Crippen LogP contribution in [-0.2, 0) is 0 Å². The maximum Gasteiger partial charge on any atom is 0.259 e. The number of fused-ring (bicyclic) bond motifs is 1. The molecule has 0 atom stereocenters. The van der Waals surface area contributed by atoms with Crippen molar-refractivity contribution < 1.29 is 0 Å². The Balaban J connectivity index is 1.68. The molecular weight excluding hydrogens is 371 g/mol. The van der Waals surface area contributed by atoms with Crippen molar-refractivity contribution in [2.45, 2.75) is 0 Å². The standard InChI is InChI=1S/C19H12Cl2N4O/c20-13-5-7-14(8-6-13)25-11-12(10-22-25)9-16(21)18-23-17-4-2-1-3-15(17)19(26)24-18/h1-11H,(H,23,24,26). The Kier molecular flexibility index (Phi) is 4.32. The van der Waals surface area contributed by atoms with Gasteiger partial charge in [-0.3, -0.25) is 4.79 Å². The van der Waals surface area contributed by atoms with Crippen LogP contribution in [0.25, 0.3) is 27.7 Å². The molecule has 0 bridgehead atoms. The Bertz CT molecular complexity index is 1180. The van der Waals surface area contributed by atoms with Crippen LogP contribution < -0.4 is 5.56 Å². The monoisotopic (exact) mass is 382 g/mol. The number of benzene rings is 2. The number of nitrogens with zero attached hydrogens (tertiary/aromatic N) is 3. The summed E-state index contributed by atoms with van der Waals surface area (Å²) in [5.74, 6) is 0.314. The zero-order valence-electron chi connectivity index (χ0n) is 13.4. The molecule has 0 aliphatic heterocycles. The number of hydrogen-bond acceptors (Lipinski definition) is 3. The SMILES string of the molecule is O=c1[nH]c(C(Cl)=Cc2cnn(-c3ccc(Cl)cc3)c2)nc2ccccc12. The molecule has 26 heavy (non-hydrogen) atoms. The van der Waals surface area contributed by atoms with Crippen molar-refractivity contribution >= 4 is 45.2 Å². The molecule has 0 fully saturated rings. The van der Waals surface area contributed by atoms with Gasteiger partial charge in [0, 0.05) is 16.8 Å². The molecule has 2 aromatic carbocycles. The summed E-state index contributed by atoms with van der Waals surface area (Å²) in [7, 11) is 0. The third-order valence-electron chi connectivity index (χ3n) is 3.83. The van der Waals surface area contributed by atoms with Gasteiger partial charge in [0.2, 0.25) is 0 Å². The van der Waals surface area contributed by atoms with Crippen LogP contribution in [0.5, 0.6) is 0 Å². The van der Waals surface area contributed by atoms with Gasteiger partial charge in [0.05, 0.1) is 27.8 Å². The lowest BCUT2D eigenvalue weighted by Crippen LogP contribution is -2.10. The van der Waals surface area contributed by atoms with E-state index in [1.807, 2.05) is 24.4 Å². The van der Waals surface area contributed by atoms with Gasteiger partial charge in [-0.15, -0.1) is 0 Å². The minimum atomic E-state index is -0.228. The summed E-state index contributed by atoms with van der Waals surface area (Å²) in [5, 5.41) is 5.82. The molecule has 4 aromatic rings. The molecule has 2 heterocycles. The molecule has 7 heteroatoms. The van der Waals surface area contributed by atoms with Crippen molar-refractivity contribution in [1.29, 1.82) is 0 Å². The summed E-state index contributed by atoms with van der Waals surface area (Å²) >= 11 is 12.3. The van der Waals surface area contributed by atoms with Crippen molar-refractivity contribution in [2.24, 2.45) is 0 Å². The molecule has 0 radical (unpaired) electrons. The quantitative estimate of drug-likeness (QED) is 0.567. The number of H-pyrrole nitrogens is 1. The molecule has 1 N–H and O–H groups in total. The normalized spacial score (nSPS) is 11.8. The van der Waals surface area contributed by atoms with Crippen molar-refractivity contribution in [1.82, 2.24) is 19.7 Å². The summed E-state index contributed by atoms with van der Waals surface area (Å²) in [4.78, 5) is 19.3. The fourth-order valence-electron chi connectivity index (χ4n) is 2.56. The highest BCUT2D eigenvalue weighted by atomic mass is 35.5. The van der Waals surface area contributed by atoms with Crippen molar-refractivity contribution in [3.05, 3.63) is 87.7 Å². The number of para-hydroxylation sites is 1. The van der Waals surface area contributed by atoms with E-state index < -0.39 is 0 Å². The Morgan fingerprint density at radius 3 is 2.69 bits per heavy atom. The summed E-state index contributed by atoms with van der Waals surface area (Å²) in [6, 6.07) is 14.4. The molecule has 0 saturated heterocycles. The van der Waals surface area contributed by atoms with Gasteiger partial charge in [-0.1, -0.05) is 35.3 Å². The molecular formula is C19H12Cl2N4O. The average Bonchev–Trinajstić information content (AvgIpc) is 3.10. The Morgan fingerprint density at radius 2 is 1.88 bits per heavy atom. The maximum absolute atomic E-state index is 12.2. The third-order valence-corrected chi connectivity index (χ3v) is 4.37. The lowest BCUT2D eigenvalue weighted by atomic mass is 10.2. The highest BCUT2D eigenvalue weighted by Gasteiger charge is 2.07. The predicted octanol–water partition coefficient (Wildman–Crippen LogP) is 4.50. The topological polar surface area (TPSA) is 63.6 Å². The molecule has 0 aliphatic rings. The highest BCUT2D eigenvalue weighted by Crippen LogP contribution is 2.20. The van der Waals surface area contributed by atoms with E-state index in [0.717, 1.165) is 11.3 Å². The largest absolute Gasteiger partial charge is 0.305 e. The third kappa shape index (κ3) is 3.27. The number of rotatable bonds is 3. The predicted molar refractivity (Wildman–Crippen MR) is 105 cm³/mol. The van der Waals surface area contributed by atoms with Crippen LogP contribution in [-0.4, -0.2) is 19.7 Å². The van der Waals surface area contributed by atoms with E-state index in [1.54, 1.807) is 47.3 Å². The number of hydrogen-bond donors (Lipinski definition) is 1. The van der Waals surface area contributed by atoms with Crippen LogP contribution in [0.3, 0.4) is 0 Å². The first-order valence-corrected chi connectivity index (χ1v) is 8.53. The zero-order valence-corrected chi connectivity index (χ0v) is 14.9. The van der Waals surface area contributed by atoms with Gasteiger partial charge in [0.15, 0.2) is 5.82 Å². The summed E-state index contributed by atoms with van der Waals surface area (Å²) in [6.45, 7) is 0. The van der Waals surface area contributed by atoms with E-state index in [4.69, 9.17) is 23.2 Å². The van der Waals surface area contributed by atoms with Gasteiger partial charge in [0.1, 0.15) is 0 Å². The molecule has 2 aromatic heterocycles. The van der Waals surface area contributed by atoms with E-state index >= 15 is 0 Å². The van der Waals surface area contributed by atoms with E-state index in [9.17, 15) is 4.79 Å². The van der Waals surface area contributed by atoms with E-state index in [2.05, 4.69) is 15.1 Å². The Labute approximate surface area is 158 Å². The molecule has 0 amide bonds. The fraction of sp³-hybridized carbons (Fsp3) is 0. The Morgan fingerprint density at radius 1 is 1.12 bits per heavy atom. The molecule has 4 rings (SSSR count). The zero-order chi connectivity index (χ0) is 18.1. The maximum atomic E-state index is 12.2. The van der Waals surface area contributed by atoms with Crippen LogP contribution in [0, 0.1) is 0 Å². The van der Waals surface area contributed by atoms with Gasteiger partial charge < -0.3 is 4.98 Å². The molecule has 0 unspecified atom stereocenters. The Hall–Kier alpha value is -2.89. The first kappa shape index (κ1) is 16.6. The van der Waals surface area contributed by atoms with Crippen LogP contribution in [0.2, 0.25) is 5.02 Å². The van der Waals surface area contributed by atoms with Gasteiger partial charge in [-0.2, -0.15) is 5.10 Å². The molecule has 0 spiro atoms. The second-order valence-corrected chi connectivity index (χ2v) is 6.46. The number of nitrogens with one attached hydrogen (secondary N) is 1. The second kappa shape index (κ2) is 6.78. The molecule has 128 valence electrons. The summed E-state index contributed by atoms with van der Waals surface area (Å²) < 4.78 is 1.71. The van der Waals surface area contributed by atoms with Gasteiger partial charge in [-0.25, -0.2) is 9.67 Å². The van der Waals surface area contributed by atoms with Crippen LogP contribution in [0.4, 0.5) is 0 Å². The molecule has 5 nitrogen and oxygen atoms in total. The average molecular weight is 383 g/mol. The van der Waals surface area contributed by atoms with E-state index in [1.165, 1.54) is 0 Å². The minimum Gasteiger partial charge on any atom is -0.305 e. The van der Waals surface area contributed by atoms with Crippen molar-refractivity contribution in [3.63, 3.8) is 0 Å². The van der Waals surface area contributed by atoms with Gasteiger partial charge in [-0.05, 0) is 42.5 Å². The summed E-state index contributed by atoms with van der Waals surface area (Å²) in [6.07, 6.45) is 5.20. The lowest BCUT2D eigenvalue weighted by Gasteiger charge is -2.01. The van der Waals surface area contributed by atoms with E-state index in [-0.39, 0.29) is 5.56 Å². The summed E-state index contributed by atoms with van der Waals surface area (Å²) in [5.41, 5.74) is 2.02. The smallest absolute Gasteiger partial charge is 0.259 e. The van der Waals surface area contributed by atoms with Crippen molar-refractivity contribution in [3.8, 4) is 5.69 Å². The lowest BCUT2D eigenvalue weighted by molar-refractivity contribution is 0.880. The van der Waals surface area contributed by atoms with Gasteiger partial charge >= 0.3 is 0 Å². The minimum absolute atomic E-state index is 0.228.